The van der Waals surface area contributed by atoms with Crippen LogP contribution in [0.3, 0.4) is 0 Å². The van der Waals surface area contributed by atoms with Crippen LogP contribution in [-0.2, 0) is 4.74 Å². The molecular formula is C9H16N2O. The first kappa shape index (κ1) is 9.37. The summed E-state index contributed by atoms with van der Waals surface area (Å²) >= 11 is 0. The average molecular weight is 168 g/mol. The summed E-state index contributed by atoms with van der Waals surface area (Å²) in [5.74, 6) is 0. The second kappa shape index (κ2) is 5.02. The Labute approximate surface area is 74.1 Å². The maximum Gasteiger partial charge on any atom is 0.0719 e. The highest BCUT2D eigenvalue weighted by atomic mass is 16.5. The van der Waals surface area contributed by atoms with E-state index in [2.05, 4.69) is 23.3 Å². The molecule has 1 aliphatic heterocycles. The van der Waals surface area contributed by atoms with Gasteiger partial charge in [-0.3, -0.25) is 0 Å². The Kier molecular flexibility index (Phi) is 3.92. The van der Waals surface area contributed by atoms with Gasteiger partial charge in [0.2, 0.25) is 0 Å². The normalized spacial score (nSPS) is 24.8. The highest BCUT2D eigenvalue weighted by Gasteiger charge is 2.16. The van der Waals surface area contributed by atoms with Crippen molar-refractivity contribution in [2.75, 3.05) is 33.3 Å². The third-order valence-electron chi connectivity index (χ3n) is 2.04. The van der Waals surface area contributed by atoms with Crippen LogP contribution in [0, 0.1) is 12.5 Å². The van der Waals surface area contributed by atoms with E-state index < -0.39 is 0 Å². The fourth-order valence-corrected chi connectivity index (χ4v) is 1.35. The van der Waals surface area contributed by atoms with Crippen molar-refractivity contribution in [3.8, 4) is 12.5 Å². The van der Waals surface area contributed by atoms with E-state index in [1.54, 1.807) is 0 Å². The average Bonchev–Trinajstić information content (AvgIpc) is 2.05. The Balaban J connectivity index is 2.11. The molecule has 1 N–H and O–H groups in total. The molecule has 0 aromatic heterocycles. The Morgan fingerprint density at radius 1 is 1.75 bits per heavy atom. The minimum absolute atomic E-state index is 0.351. The number of ether oxygens (including phenoxy) is 1. The lowest BCUT2D eigenvalue weighted by Gasteiger charge is -2.29. The van der Waals surface area contributed by atoms with E-state index in [0.717, 1.165) is 32.7 Å². The first-order valence-electron chi connectivity index (χ1n) is 4.31. The molecule has 3 heteroatoms. The van der Waals surface area contributed by atoms with Gasteiger partial charge in [0.1, 0.15) is 0 Å². The number of hydrogen-bond donors (Lipinski definition) is 1. The summed E-state index contributed by atoms with van der Waals surface area (Å²) in [6.07, 6.45) is 6.41. The first-order valence-corrected chi connectivity index (χ1v) is 4.31. The fraction of sp³-hybridized carbons (Fsp3) is 0.778. The van der Waals surface area contributed by atoms with Crippen molar-refractivity contribution in [3.05, 3.63) is 0 Å². The van der Waals surface area contributed by atoms with E-state index in [0.29, 0.717) is 6.10 Å². The molecule has 0 amide bonds. The summed E-state index contributed by atoms with van der Waals surface area (Å²) in [4.78, 5) is 2.28. The van der Waals surface area contributed by atoms with Crippen LogP contribution in [0.25, 0.3) is 0 Å². The van der Waals surface area contributed by atoms with Crippen molar-refractivity contribution in [1.82, 2.24) is 10.2 Å². The third-order valence-corrected chi connectivity index (χ3v) is 2.04. The summed E-state index contributed by atoms with van der Waals surface area (Å²) < 4.78 is 5.54. The number of rotatable bonds is 3. The van der Waals surface area contributed by atoms with Gasteiger partial charge in [-0.1, -0.05) is 6.42 Å². The van der Waals surface area contributed by atoms with Gasteiger partial charge < -0.3 is 15.0 Å². The largest absolute Gasteiger partial charge is 0.375 e. The predicted molar refractivity (Wildman–Crippen MR) is 48.7 cm³/mol. The van der Waals surface area contributed by atoms with E-state index >= 15 is 0 Å². The molecule has 0 bridgehead atoms. The van der Waals surface area contributed by atoms with Gasteiger partial charge in [0.15, 0.2) is 0 Å². The van der Waals surface area contributed by atoms with Crippen LogP contribution >= 0.6 is 0 Å². The predicted octanol–water partition coefficient (Wildman–Crippen LogP) is -0.113. The number of nitrogens with one attached hydrogen (secondary N) is 1. The van der Waals surface area contributed by atoms with Crippen LogP contribution < -0.4 is 5.32 Å². The summed E-state index contributed by atoms with van der Waals surface area (Å²) in [6, 6.07) is 2.40. The van der Waals surface area contributed by atoms with Crippen LogP contribution in [-0.4, -0.2) is 44.3 Å². The molecule has 0 unspecified atom stereocenters. The summed E-state index contributed by atoms with van der Waals surface area (Å²) in [7, 11) is 2.12. The molecule has 0 aromatic rings. The van der Waals surface area contributed by atoms with Crippen molar-refractivity contribution < 1.29 is 4.74 Å². The van der Waals surface area contributed by atoms with Crippen molar-refractivity contribution >= 4 is 0 Å². The summed E-state index contributed by atoms with van der Waals surface area (Å²) in [5.41, 5.74) is 0. The maximum absolute atomic E-state index is 5.54. The smallest absolute Gasteiger partial charge is 0.0719 e. The lowest BCUT2D eigenvalue weighted by Crippen LogP contribution is -2.40. The second-order valence-electron chi connectivity index (χ2n) is 3.11. The molecule has 68 valence electrons. The molecule has 1 heterocycles. The second-order valence-corrected chi connectivity index (χ2v) is 3.11. The van der Waals surface area contributed by atoms with E-state index in [1.165, 1.54) is 0 Å². The van der Waals surface area contributed by atoms with Gasteiger partial charge in [-0.15, -0.1) is 0 Å². The molecule has 1 atom stereocenters. The van der Waals surface area contributed by atoms with E-state index in [4.69, 9.17) is 11.2 Å². The van der Waals surface area contributed by atoms with Gasteiger partial charge in [0, 0.05) is 25.7 Å². The highest BCUT2D eigenvalue weighted by Crippen LogP contribution is 2.05. The highest BCUT2D eigenvalue weighted by molar-refractivity contribution is 4.80. The first-order chi connectivity index (χ1) is 5.83. The Hall–Kier alpha value is -0.720. The zero-order chi connectivity index (χ0) is 8.81. The van der Waals surface area contributed by atoms with Gasteiger partial charge in [-0.2, -0.15) is 0 Å². The minimum Gasteiger partial charge on any atom is -0.375 e. The molecule has 0 aliphatic carbocycles. The van der Waals surface area contributed by atoms with Crippen LogP contribution in [0.5, 0.6) is 0 Å². The Morgan fingerprint density at radius 2 is 2.58 bits per heavy atom. The van der Waals surface area contributed by atoms with Gasteiger partial charge in [-0.05, 0) is 13.5 Å². The molecule has 0 saturated carbocycles. The summed E-state index contributed by atoms with van der Waals surface area (Å²) in [6.45, 7) is 3.75. The van der Waals surface area contributed by atoms with Gasteiger partial charge in [-0.25, -0.2) is 0 Å². The monoisotopic (exact) mass is 168 g/mol. The van der Waals surface area contributed by atoms with Gasteiger partial charge in [0.05, 0.1) is 12.7 Å². The number of morpholine rings is 1. The fourth-order valence-electron chi connectivity index (χ4n) is 1.35. The molecule has 1 fully saturated rings. The van der Waals surface area contributed by atoms with Crippen molar-refractivity contribution in [2.24, 2.45) is 0 Å². The molecule has 1 saturated heterocycles. The van der Waals surface area contributed by atoms with Gasteiger partial charge >= 0.3 is 0 Å². The maximum atomic E-state index is 5.54. The van der Waals surface area contributed by atoms with Crippen molar-refractivity contribution in [1.29, 1.82) is 0 Å². The zero-order valence-electron chi connectivity index (χ0n) is 7.55. The molecule has 1 rings (SSSR count). The number of terminal acetylenes is 1. The van der Waals surface area contributed by atoms with Crippen molar-refractivity contribution in [3.63, 3.8) is 0 Å². The molecular weight excluding hydrogens is 152 g/mol. The lowest BCUT2D eigenvalue weighted by molar-refractivity contribution is -0.0223. The zero-order valence-corrected chi connectivity index (χ0v) is 7.55. The van der Waals surface area contributed by atoms with Crippen LogP contribution in [0.4, 0.5) is 0 Å². The Morgan fingerprint density at radius 3 is 3.25 bits per heavy atom. The topological polar surface area (TPSA) is 24.5 Å². The SMILES string of the molecule is C#CNCC[C@@H]1CN(C)CCO1. The molecule has 1 aliphatic rings. The van der Waals surface area contributed by atoms with Crippen LogP contribution in [0.1, 0.15) is 6.42 Å². The molecule has 3 nitrogen and oxygen atoms in total. The van der Waals surface area contributed by atoms with E-state index in [9.17, 15) is 0 Å². The van der Waals surface area contributed by atoms with Gasteiger partial charge in [0.25, 0.3) is 0 Å². The van der Waals surface area contributed by atoms with Crippen molar-refractivity contribution in [2.45, 2.75) is 12.5 Å². The minimum atomic E-state index is 0.351. The van der Waals surface area contributed by atoms with E-state index in [-0.39, 0.29) is 0 Å². The number of likely N-dealkylation sites (N-methyl/N-ethyl adjacent to an activating group) is 1. The Bertz CT molecular complexity index is 164. The molecule has 0 radical (unpaired) electrons. The quantitative estimate of drug-likeness (QED) is 0.361. The molecule has 12 heavy (non-hydrogen) atoms. The number of nitrogens with zero attached hydrogens (tertiary/aromatic N) is 1. The van der Waals surface area contributed by atoms with Crippen LogP contribution in [0.2, 0.25) is 0 Å². The summed E-state index contributed by atoms with van der Waals surface area (Å²) in [5, 5.41) is 2.84. The molecule has 0 spiro atoms. The number of hydrogen-bond acceptors (Lipinski definition) is 3. The van der Waals surface area contributed by atoms with Crippen LogP contribution in [0.15, 0.2) is 0 Å². The van der Waals surface area contributed by atoms with E-state index in [1.807, 2.05) is 0 Å². The third kappa shape index (κ3) is 3.12. The molecule has 0 aromatic carbocycles. The lowest BCUT2D eigenvalue weighted by atomic mass is 10.2. The standard InChI is InChI=1S/C9H16N2O/c1-3-10-5-4-9-8-11(2)6-7-12-9/h1,9-10H,4-8H2,2H3/t9-/m1/s1.